The van der Waals surface area contributed by atoms with Gasteiger partial charge in [-0.25, -0.2) is 4.79 Å². The van der Waals surface area contributed by atoms with Crippen LogP contribution in [0.15, 0.2) is 0 Å². The molecule has 2 atom stereocenters. The first kappa shape index (κ1) is 13.9. The average molecular weight is 244 g/mol. The predicted molar refractivity (Wildman–Crippen MR) is 61.7 cm³/mol. The Balaban J connectivity index is 2.20. The maximum absolute atomic E-state index is 11.4. The molecule has 1 saturated heterocycles. The normalized spacial score (nSPS) is 25.5. The van der Waals surface area contributed by atoms with Gasteiger partial charge in [-0.3, -0.25) is 4.79 Å². The molecular weight excluding hydrogens is 224 g/mol. The van der Waals surface area contributed by atoms with Crippen LogP contribution in [0.5, 0.6) is 0 Å². The third-order valence-corrected chi connectivity index (χ3v) is 3.03. The minimum atomic E-state index is -1.06. The molecule has 0 aromatic carbocycles. The number of carboxylic acids is 1. The number of likely N-dealkylation sites (tertiary alicyclic amines) is 1. The molecule has 0 radical (unpaired) electrons. The molecule has 1 aliphatic heterocycles. The van der Waals surface area contributed by atoms with Gasteiger partial charge < -0.3 is 20.1 Å². The van der Waals surface area contributed by atoms with Crippen molar-refractivity contribution < 1.29 is 19.4 Å². The van der Waals surface area contributed by atoms with Gasteiger partial charge in [0.25, 0.3) is 0 Å². The Hall–Kier alpha value is -1.14. The Morgan fingerprint density at radius 2 is 2.18 bits per heavy atom. The second-order valence-electron chi connectivity index (χ2n) is 4.50. The van der Waals surface area contributed by atoms with Crippen LogP contribution >= 0.6 is 0 Å². The highest BCUT2D eigenvalue weighted by Gasteiger charge is 2.23. The topological polar surface area (TPSA) is 78.9 Å². The van der Waals surface area contributed by atoms with Gasteiger partial charge in [0.15, 0.2) is 0 Å². The summed E-state index contributed by atoms with van der Waals surface area (Å²) in [5.74, 6) is -1.31. The SMILES string of the molecule is CC1CC(NC(=O)COCC(=O)O)CCN1C. The standard InChI is InChI=1S/C11H20N2O4/c1-8-5-9(3-4-13(8)2)12-10(14)6-17-7-11(15)16/h8-9H,3-7H2,1-2H3,(H,12,14)(H,15,16). The number of carbonyl (C=O) groups excluding carboxylic acids is 1. The zero-order valence-corrected chi connectivity index (χ0v) is 10.3. The van der Waals surface area contributed by atoms with Crippen LogP contribution in [0.2, 0.25) is 0 Å². The molecule has 2 unspecified atom stereocenters. The van der Waals surface area contributed by atoms with E-state index in [4.69, 9.17) is 9.84 Å². The molecule has 0 aromatic rings. The van der Waals surface area contributed by atoms with Gasteiger partial charge in [0.05, 0.1) is 0 Å². The van der Waals surface area contributed by atoms with Crippen LogP contribution in [-0.4, -0.2) is 60.8 Å². The quantitative estimate of drug-likeness (QED) is 0.693. The fraction of sp³-hybridized carbons (Fsp3) is 0.818. The number of ether oxygens (including phenoxy) is 1. The van der Waals surface area contributed by atoms with Gasteiger partial charge >= 0.3 is 5.97 Å². The third kappa shape index (κ3) is 5.14. The zero-order chi connectivity index (χ0) is 12.8. The van der Waals surface area contributed by atoms with Crippen molar-refractivity contribution in [1.29, 1.82) is 0 Å². The van der Waals surface area contributed by atoms with Crippen LogP contribution in [0, 0.1) is 0 Å². The molecule has 1 amide bonds. The fourth-order valence-electron chi connectivity index (χ4n) is 1.92. The highest BCUT2D eigenvalue weighted by molar-refractivity contribution is 5.78. The van der Waals surface area contributed by atoms with Gasteiger partial charge in [-0.1, -0.05) is 0 Å². The highest BCUT2D eigenvalue weighted by Crippen LogP contribution is 2.14. The molecule has 17 heavy (non-hydrogen) atoms. The Kier molecular flexibility index (Phi) is 5.37. The summed E-state index contributed by atoms with van der Waals surface area (Å²) in [5, 5.41) is 11.2. The van der Waals surface area contributed by atoms with Crippen molar-refractivity contribution in [3.8, 4) is 0 Å². The van der Waals surface area contributed by atoms with Crippen molar-refractivity contribution in [3.05, 3.63) is 0 Å². The molecule has 6 nitrogen and oxygen atoms in total. The summed E-state index contributed by atoms with van der Waals surface area (Å²) in [5.41, 5.74) is 0. The van der Waals surface area contributed by atoms with Gasteiger partial charge in [0.1, 0.15) is 13.2 Å². The van der Waals surface area contributed by atoms with Crippen molar-refractivity contribution >= 4 is 11.9 Å². The third-order valence-electron chi connectivity index (χ3n) is 3.03. The molecule has 6 heteroatoms. The van der Waals surface area contributed by atoms with Gasteiger partial charge in [0.2, 0.25) is 5.91 Å². The van der Waals surface area contributed by atoms with E-state index < -0.39 is 12.6 Å². The van der Waals surface area contributed by atoms with E-state index in [0.29, 0.717) is 6.04 Å². The summed E-state index contributed by atoms with van der Waals surface area (Å²) >= 11 is 0. The summed E-state index contributed by atoms with van der Waals surface area (Å²) < 4.78 is 4.72. The van der Waals surface area contributed by atoms with E-state index in [0.717, 1.165) is 19.4 Å². The molecule has 1 fully saturated rings. The lowest BCUT2D eigenvalue weighted by Crippen LogP contribution is -2.48. The number of carboxylic acid groups (broad SMARTS) is 1. The zero-order valence-electron chi connectivity index (χ0n) is 10.3. The molecular formula is C11H20N2O4. The van der Waals surface area contributed by atoms with E-state index >= 15 is 0 Å². The Labute approximate surface area is 101 Å². The van der Waals surface area contributed by atoms with E-state index in [1.54, 1.807) is 0 Å². The largest absolute Gasteiger partial charge is 0.480 e. The Morgan fingerprint density at radius 3 is 2.76 bits per heavy atom. The van der Waals surface area contributed by atoms with Crippen LogP contribution in [-0.2, 0) is 14.3 Å². The maximum atomic E-state index is 11.4. The van der Waals surface area contributed by atoms with Crippen LogP contribution in [0.25, 0.3) is 0 Å². The summed E-state index contributed by atoms with van der Waals surface area (Å²) in [4.78, 5) is 23.9. The van der Waals surface area contributed by atoms with Crippen molar-refractivity contribution in [2.24, 2.45) is 0 Å². The number of carbonyl (C=O) groups is 2. The Morgan fingerprint density at radius 1 is 1.47 bits per heavy atom. The number of nitrogens with one attached hydrogen (secondary N) is 1. The van der Waals surface area contributed by atoms with Crippen molar-refractivity contribution in [3.63, 3.8) is 0 Å². The number of piperidine rings is 1. The predicted octanol–water partition coefficient (Wildman–Crippen LogP) is -0.313. The van der Waals surface area contributed by atoms with Gasteiger partial charge in [0, 0.05) is 18.6 Å². The lowest BCUT2D eigenvalue weighted by molar-refractivity contribution is -0.143. The summed E-state index contributed by atoms with van der Waals surface area (Å²) in [7, 11) is 2.07. The number of rotatable bonds is 5. The van der Waals surface area contributed by atoms with Gasteiger partial charge in [-0.2, -0.15) is 0 Å². The fourth-order valence-corrected chi connectivity index (χ4v) is 1.92. The van der Waals surface area contributed by atoms with Crippen molar-refractivity contribution in [2.45, 2.75) is 31.8 Å². The molecule has 0 aromatic heterocycles. The number of hydrogen-bond donors (Lipinski definition) is 2. The summed E-state index contributed by atoms with van der Waals surface area (Å²) in [6.45, 7) is 2.46. The molecule has 2 N–H and O–H groups in total. The van der Waals surface area contributed by atoms with E-state index in [-0.39, 0.29) is 18.6 Å². The van der Waals surface area contributed by atoms with Gasteiger partial charge in [-0.05, 0) is 26.8 Å². The number of nitrogens with zero attached hydrogens (tertiary/aromatic N) is 1. The average Bonchev–Trinajstić information content (AvgIpc) is 2.23. The lowest BCUT2D eigenvalue weighted by atomic mass is 9.99. The Bertz CT molecular complexity index is 283. The highest BCUT2D eigenvalue weighted by atomic mass is 16.5. The molecule has 1 rings (SSSR count). The molecule has 0 spiro atoms. The van der Waals surface area contributed by atoms with Crippen molar-refractivity contribution in [1.82, 2.24) is 10.2 Å². The molecule has 0 bridgehead atoms. The van der Waals surface area contributed by atoms with E-state index in [2.05, 4.69) is 24.2 Å². The summed E-state index contributed by atoms with van der Waals surface area (Å²) in [6.07, 6.45) is 1.84. The first-order chi connectivity index (χ1) is 7.99. The molecule has 1 aliphatic rings. The minimum Gasteiger partial charge on any atom is -0.480 e. The second kappa shape index (κ2) is 6.56. The van der Waals surface area contributed by atoms with Crippen LogP contribution in [0.1, 0.15) is 19.8 Å². The second-order valence-corrected chi connectivity index (χ2v) is 4.50. The molecule has 1 heterocycles. The van der Waals surface area contributed by atoms with Crippen LogP contribution in [0.4, 0.5) is 0 Å². The minimum absolute atomic E-state index is 0.169. The number of aliphatic carboxylic acids is 1. The first-order valence-electron chi connectivity index (χ1n) is 5.78. The van der Waals surface area contributed by atoms with Gasteiger partial charge in [-0.15, -0.1) is 0 Å². The first-order valence-corrected chi connectivity index (χ1v) is 5.78. The number of amides is 1. The molecule has 98 valence electrons. The van der Waals surface area contributed by atoms with Crippen LogP contribution in [0.3, 0.4) is 0 Å². The monoisotopic (exact) mass is 244 g/mol. The molecule has 0 aliphatic carbocycles. The number of hydrogen-bond acceptors (Lipinski definition) is 4. The maximum Gasteiger partial charge on any atom is 0.329 e. The van der Waals surface area contributed by atoms with Crippen molar-refractivity contribution in [2.75, 3.05) is 26.8 Å². The van der Waals surface area contributed by atoms with E-state index in [1.807, 2.05) is 0 Å². The van der Waals surface area contributed by atoms with E-state index in [1.165, 1.54) is 0 Å². The molecule has 0 saturated carbocycles. The van der Waals surface area contributed by atoms with E-state index in [9.17, 15) is 9.59 Å². The smallest absolute Gasteiger partial charge is 0.329 e. The lowest BCUT2D eigenvalue weighted by Gasteiger charge is -2.35. The van der Waals surface area contributed by atoms with Crippen LogP contribution < -0.4 is 5.32 Å². The summed E-state index contributed by atoms with van der Waals surface area (Å²) in [6, 6.07) is 0.621.